The third kappa shape index (κ3) is 2.40. The molecular formula is C16H20O5. The van der Waals surface area contributed by atoms with Crippen molar-refractivity contribution in [1.82, 2.24) is 0 Å². The van der Waals surface area contributed by atoms with E-state index in [0.717, 1.165) is 5.56 Å². The fourth-order valence-electron chi connectivity index (χ4n) is 3.39. The minimum Gasteiger partial charge on any atom is -0.497 e. The summed E-state index contributed by atoms with van der Waals surface area (Å²) < 4.78 is 16.6. The molecule has 1 aromatic carbocycles. The summed E-state index contributed by atoms with van der Waals surface area (Å²) in [6, 6.07) is 7.35. The van der Waals surface area contributed by atoms with Crippen LogP contribution in [0.3, 0.4) is 0 Å². The molecule has 5 nitrogen and oxygen atoms in total. The highest BCUT2D eigenvalue weighted by molar-refractivity contribution is 5.81. The molecular weight excluding hydrogens is 272 g/mol. The van der Waals surface area contributed by atoms with Gasteiger partial charge in [0.15, 0.2) is 5.79 Å². The average molecular weight is 292 g/mol. The molecule has 21 heavy (non-hydrogen) atoms. The topological polar surface area (TPSA) is 65.0 Å². The fraction of sp³-hybridized carbons (Fsp3) is 0.562. The maximum Gasteiger partial charge on any atom is 0.314 e. The zero-order valence-corrected chi connectivity index (χ0v) is 12.1. The van der Waals surface area contributed by atoms with Crippen LogP contribution >= 0.6 is 0 Å². The Bertz CT molecular complexity index is 523. The summed E-state index contributed by atoms with van der Waals surface area (Å²) >= 11 is 0. The third-order valence-corrected chi connectivity index (χ3v) is 4.71. The van der Waals surface area contributed by atoms with Crippen LogP contribution in [0.1, 0.15) is 31.2 Å². The molecule has 0 atom stereocenters. The normalized spacial score (nSPS) is 23.1. The minimum absolute atomic E-state index is 0.509. The van der Waals surface area contributed by atoms with Crippen molar-refractivity contribution >= 4 is 5.97 Å². The first-order valence-corrected chi connectivity index (χ1v) is 7.26. The second-order valence-corrected chi connectivity index (χ2v) is 5.73. The van der Waals surface area contributed by atoms with E-state index in [-0.39, 0.29) is 0 Å². The van der Waals surface area contributed by atoms with Gasteiger partial charge in [-0.1, -0.05) is 12.1 Å². The van der Waals surface area contributed by atoms with E-state index in [1.54, 1.807) is 7.11 Å². The molecule has 3 rings (SSSR count). The van der Waals surface area contributed by atoms with Crippen LogP contribution in [0.5, 0.6) is 5.75 Å². The molecule has 0 bridgehead atoms. The first-order chi connectivity index (χ1) is 10.1. The van der Waals surface area contributed by atoms with Gasteiger partial charge in [-0.15, -0.1) is 0 Å². The molecule has 2 fully saturated rings. The van der Waals surface area contributed by atoms with E-state index in [2.05, 4.69) is 0 Å². The van der Waals surface area contributed by atoms with Crippen molar-refractivity contribution in [3.05, 3.63) is 29.8 Å². The van der Waals surface area contributed by atoms with Gasteiger partial charge in [0.25, 0.3) is 0 Å². The van der Waals surface area contributed by atoms with Crippen LogP contribution in [0.4, 0.5) is 0 Å². The van der Waals surface area contributed by atoms with E-state index in [1.165, 1.54) is 0 Å². The Morgan fingerprint density at radius 2 is 1.86 bits per heavy atom. The number of carboxylic acid groups (broad SMARTS) is 1. The van der Waals surface area contributed by atoms with E-state index in [9.17, 15) is 9.90 Å². The molecule has 0 unspecified atom stereocenters. The molecule has 1 saturated heterocycles. The van der Waals surface area contributed by atoms with Gasteiger partial charge in [0.1, 0.15) is 5.75 Å². The summed E-state index contributed by atoms with van der Waals surface area (Å²) in [6.45, 7) is 1.19. The van der Waals surface area contributed by atoms with Crippen molar-refractivity contribution in [3.8, 4) is 5.75 Å². The van der Waals surface area contributed by atoms with Crippen molar-refractivity contribution in [3.63, 3.8) is 0 Å². The lowest BCUT2D eigenvalue weighted by molar-refractivity contribution is -0.189. The molecule has 1 saturated carbocycles. The fourth-order valence-corrected chi connectivity index (χ4v) is 3.39. The summed E-state index contributed by atoms with van der Waals surface area (Å²) in [5, 5.41) is 9.81. The van der Waals surface area contributed by atoms with Gasteiger partial charge in [-0.2, -0.15) is 0 Å². The summed E-state index contributed by atoms with van der Waals surface area (Å²) in [5.74, 6) is -0.664. The number of benzene rings is 1. The van der Waals surface area contributed by atoms with Crippen LogP contribution < -0.4 is 4.74 Å². The first kappa shape index (κ1) is 14.4. The molecule has 1 N–H and O–H groups in total. The average Bonchev–Trinajstić information content (AvgIpc) is 2.96. The molecule has 0 amide bonds. The Labute approximate surface area is 123 Å². The predicted octanol–water partition coefficient (Wildman–Crippen LogP) is 2.33. The first-order valence-electron chi connectivity index (χ1n) is 7.26. The number of aliphatic carboxylic acids is 1. The van der Waals surface area contributed by atoms with Gasteiger partial charge in [-0.05, 0) is 30.5 Å². The van der Waals surface area contributed by atoms with Gasteiger partial charge < -0.3 is 19.3 Å². The van der Waals surface area contributed by atoms with Gasteiger partial charge in [0, 0.05) is 12.8 Å². The Kier molecular flexibility index (Phi) is 3.63. The maximum absolute atomic E-state index is 12.0. The highest BCUT2D eigenvalue weighted by Crippen LogP contribution is 2.47. The predicted molar refractivity (Wildman–Crippen MR) is 75.4 cm³/mol. The van der Waals surface area contributed by atoms with E-state index in [4.69, 9.17) is 14.2 Å². The van der Waals surface area contributed by atoms with Crippen molar-refractivity contribution < 1.29 is 24.1 Å². The summed E-state index contributed by atoms with van der Waals surface area (Å²) in [4.78, 5) is 12.0. The summed E-state index contributed by atoms with van der Waals surface area (Å²) in [7, 11) is 1.59. The lowest BCUT2D eigenvalue weighted by Crippen LogP contribution is -2.46. The summed E-state index contributed by atoms with van der Waals surface area (Å²) in [6.07, 6.45) is 2.23. The highest BCUT2D eigenvalue weighted by atomic mass is 16.7. The number of methoxy groups -OCH3 is 1. The molecule has 5 heteroatoms. The highest BCUT2D eigenvalue weighted by Gasteiger charge is 2.50. The molecule has 1 spiro atoms. The SMILES string of the molecule is COc1cccc(C2(C(=O)O)CCC3(CC2)OCCO3)c1. The van der Waals surface area contributed by atoms with Crippen LogP contribution in [0, 0.1) is 0 Å². The second-order valence-electron chi connectivity index (χ2n) is 5.73. The molecule has 114 valence electrons. The quantitative estimate of drug-likeness (QED) is 0.926. The summed E-state index contributed by atoms with van der Waals surface area (Å²) in [5.41, 5.74) is -0.0862. The van der Waals surface area contributed by atoms with Crippen LogP contribution in [0.15, 0.2) is 24.3 Å². The van der Waals surface area contributed by atoms with Gasteiger partial charge in [-0.3, -0.25) is 4.79 Å². The Morgan fingerprint density at radius 3 is 2.43 bits per heavy atom. The monoisotopic (exact) mass is 292 g/mol. The molecule has 1 heterocycles. The molecule has 0 aromatic heterocycles. The lowest BCUT2D eigenvalue weighted by atomic mass is 9.67. The molecule has 1 aliphatic heterocycles. The van der Waals surface area contributed by atoms with Crippen molar-refractivity contribution in [2.75, 3.05) is 20.3 Å². The molecule has 1 aliphatic carbocycles. The number of rotatable bonds is 3. The third-order valence-electron chi connectivity index (χ3n) is 4.71. The van der Waals surface area contributed by atoms with Gasteiger partial charge in [-0.25, -0.2) is 0 Å². The Hall–Kier alpha value is -1.59. The van der Waals surface area contributed by atoms with Gasteiger partial charge >= 0.3 is 5.97 Å². The van der Waals surface area contributed by atoms with Crippen LogP contribution in [0.25, 0.3) is 0 Å². The van der Waals surface area contributed by atoms with E-state index in [1.807, 2.05) is 24.3 Å². The molecule has 1 aromatic rings. The smallest absolute Gasteiger partial charge is 0.314 e. The van der Waals surface area contributed by atoms with E-state index >= 15 is 0 Å². The van der Waals surface area contributed by atoms with Crippen molar-refractivity contribution in [1.29, 1.82) is 0 Å². The number of hydrogen-bond donors (Lipinski definition) is 1. The zero-order chi connectivity index (χ0) is 14.9. The van der Waals surface area contributed by atoms with Gasteiger partial charge in [0.2, 0.25) is 0 Å². The van der Waals surface area contributed by atoms with Crippen LogP contribution in [0.2, 0.25) is 0 Å². The van der Waals surface area contributed by atoms with Crippen molar-refractivity contribution in [2.45, 2.75) is 36.9 Å². The maximum atomic E-state index is 12.0. The van der Waals surface area contributed by atoms with E-state index in [0.29, 0.717) is 44.6 Å². The van der Waals surface area contributed by atoms with Crippen LogP contribution in [-0.2, 0) is 19.7 Å². The number of carboxylic acids is 1. The second kappa shape index (κ2) is 5.31. The standard InChI is InChI=1S/C16H20O5/c1-19-13-4-2-3-12(11-13)15(14(17)18)5-7-16(8-6-15)20-9-10-21-16/h2-4,11H,5-10H2,1H3,(H,17,18). The lowest BCUT2D eigenvalue weighted by Gasteiger charge is -2.41. The number of hydrogen-bond acceptors (Lipinski definition) is 4. The van der Waals surface area contributed by atoms with Gasteiger partial charge in [0.05, 0.1) is 25.7 Å². The zero-order valence-electron chi connectivity index (χ0n) is 12.1. The van der Waals surface area contributed by atoms with Crippen LogP contribution in [-0.4, -0.2) is 37.2 Å². The molecule has 0 radical (unpaired) electrons. The number of ether oxygens (including phenoxy) is 3. The minimum atomic E-state index is -0.880. The largest absolute Gasteiger partial charge is 0.497 e. The Morgan fingerprint density at radius 1 is 1.19 bits per heavy atom. The van der Waals surface area contributed by atoms with Crippen molar-refractivity contribution in [2.24, 2.45) is 0 Å². The molecule has 2 aliphatic rings. The van der Waals surface area contributed by atoms with E-state index < -0.39 is 17.2 Å². The Balaban J connectivity index is 1.89. The number of carbonyl (C=O) groups is 1.